The number of nitrogens with one attached hydrogen (secondary N) is 1. The summed E-state index contributed by atoms with van der Waals surface area (Å²) in [6.45, 7) is 2.02. The molecule has 1 aromatic carbocycles. The molecule has 0 spiro atoms. The van der Waals surface area contributed by atoms with Gasteiger partial charge in [-0.1, -0.05) is 24.3 Å². The quantitative estimate of drug-likeness (QED) is 0.847. The van der Waals surface area contributed by atoms with Gasteiger partial charge in [0.15, 0.2) is 11.9 Å². The van der Waals surface area contributed by atoms with Crippen LogP contribution in [0.4, 0.5) is 5.82 Å². The van der Waals surface area contributed by atoms with E-state index in [-0.39, 0.29) is 6.54 Å². The maximum Gasteiger partial charge on any atom is 0.334 e. The molecule has 0 saturated heterocycles. The van der Waals surface area contributed by atoms with Gasteiger partial charge in [-0.05, 0) is 6.92 Å². The molecule has 0 bridgehead atoms. The van der Waals surface area contributed by atoms with E-state index in [9.17, 15) is 4.79 Å². The van der Waals surface area contributed by atoms with Gasteiger partial charge in [0.2, 0.25) is 0 Å². The van der Waals surface area contributed by atoms with Crippen LogP contribution in [0.15, 0.2) is 24.3 Å². The second-order valence-corrected chi connectivity index (χ2v) is 4.12. The number of aliphatic carboxylic acids is 1. The van der Waals surface area contributed by atoms with Crippen molar-refractivity contribution in [2.45, 2.75) is 13.0 Å². The maximum atomic E-state index is 10.9. The van der Waals surface area contributed by atoms with Gasteiger partial charge in [-0.2, -0.15) is 5.10 Å². The number of fused-ring (bicyclic) bond motifs is 1. The molecule has 6 nitrogen and oxygen atoms in total. The van der Waals surface area contributed by atoms with Gasteiger partial charge in [0.1, 0.15) is 0 Å². The molecular weight excluding hydrogens is 246 g/mol. The second kappa shape index (κ2) is 5.62. The first-order chi connectivity index (χ1) is 9.13. The minimum Gasteiger partial charge on any atom is -0.479 e. The Bertz CT molecular complexity index is 601. The molecule has 0 radical (unpaired) electrons. The van der Waals surface area contributed by atoms with Crippen LogP contribution in [0.3, 0.4) is 0 Å². The van der Waals surface area contributed by atoms with E-state index < -0.39 is 12.1 Å². The molecule has 19 heavy (non-hydrogen) atoms. The summed E-state index contributed by atoms with van der Waals surface area (Å²) in [5.74, 6) is -0.455. The second-order valence-electron chi connectivity index (χ2n) is 4.12. The van der Waals surface area contributed by atoms with Crippen LogP contribution >= 0.6 is 0 Å². The number of aromatic nitrogens is 2. The molecule has 1 unspecified atom stereocenters. The van der Waals surface area contributed by atoms with Crippen LogP contribution in [0, 0.1) is 6.92 Å². The van der Waals surface area contributed by atoms with E-state index in [2.05, 4.69) is 15.5 Å². The van der Waals surface area contributed by atoms with Crippen LogP contribution < -0.4 is 5.32 Å². The minimum absolute atomic E-state index is 0.133. The third-order valence-electron chi connectivity index (χ3n) is 2.89. The number of rotatable bonds is 5. The lowest BCUT2D eigenvalue weighted by Gasteiger charge is -2.13. The van der Waals surface area contributed by atoms with Crippen LogP contribution in [0.1, 0.15) is 5.69 Å². The first-order valence-electron chi connectivity index (χ1n) is 5.85. The molecule has 0 fully saturated rings. The van der Waals surface area contributed by atoms with Gasteiger partial charge in [0.25, 0.3) is 0 Å². The Morgan fingerprint density at radius 3 is 2.68 bits per heavy atom. The lowest BCUT2D eigenvalue weighted by atomic mass is 10.1. The van der Waals surface area contributed by atoms with Crippen molar-refractivity contribution in [1.29, 1.82) is 0 Å². The number of hydrogen-bond donors (Lipinski definition) is 2. The third kappa shape index (κ3) is 2.79. The summed E-state index contributed by atoms with van der Waals surface area (Å²) in [4.78, 5) is 10.9. The number of benzene rings is 1. The van der Waals surface area contributed by atoms with Gasteiger partial charge in [0, 0.05) is 17.9 Å². The molecule has 1 aromatic heterocycles. The van der Waals surface area contributed by atoms with Gasteiger partial charge >= 0.3 is 5.97 Å². The van der Waals surface area contributed by atoms with Crippen LogP contribution in [-0.4, -0.2) is 41.0 Å². The number of hydrogen-bond acceptors (Lipinski definition) is 5. The van der Waals surface area contributed by atoms with Gasteiger partial charge in [-0.25, -0.2) is 4.79 Å². The Balaban J connectivity index is 2.26. The molecule has 0 amide bonds. The highest BCUT2D eigenvalue weighted by molar-refractivity contribution is 5.93. The number of carbonyl (C=O) groups is 1. The summed E-state index contributed by atoms with van der Waals surface area (Å²) in [6.07, 6.45) is -0.915. The number of ether oxygens (including phenoxy) is 1. The number of methoxy groups -OCH3 is 1. The fourth-order valence-corrected chi connectivity index (χ4v) is 1.83. The average molecular weight is 261 g/mol. The smallest absolute Gasteiger partial charge is 0.334 e. The lowest BCUT2D eigenvalue weighted by molar-refractivity contribution is -0.147. The number of aryl methyl sites for hydroxylation is 1. The predicted octanol–water partition coefficient (Wildman–Crippen LogP) is 1.45. The third-order valence-corrected chi connectivity index (χ3v) is 2.89. The first kappa shape index (κ1) is 13.2. The monoisotopic (exact) mass is 261 g/mol. The average Bonchev–Trinajstić information content (AvgIpc) is 2.42. The highest BCUT2D eigenvalue weighted by Crippen LogP contribution is 2.22. The number of carboxylic acid groups (broad SMARTS) is 1. The molecule has 100 valence electrons. The van der Waals surface area contributed by atoms with E-state index in [0.717, 1.165) is 16.5 Å². The molecule has 0 saturated carbocycles. The fourth-order valence-electron chi connectivity index (χ4n) is 1.83. The Kier molecular flexibility index (Phi) is 3.91. The van der Waals surface area contributed by atoms with Gasteiger partial charge in [0.05, 0.1) is 12.2 Å². The molecule has 0 aliphatic rings. The highest BCUT2D eigenvalue weighted by atomic mass is 16.5. The standard InChI is InChI=1S/C13H15N3O3/c1-8-9-5-3-4-6-10(9)12(16-15-8)14-7-11(19-2)13(17)18/h3-6,11H,7H2,1-2H3,(H,14,16)(H,17,18). The SMILES string of the molecule is COC(CNc1nnc(C)c2ccccc12)C(=O)O. The van der Waals surface area contributed by atoms with E-state index in [4.69, 9.17) is 9.84 Å². The van der Waals surface area contributed by atoms with E-state index in [1.54, 1.807) is 0 Å². The van der Waals surface area contributed by atoms with Gasteiger partial charge in [-0.15, -0.1) is 5.10 Å². The number of nitrogens with zero attached hydrogens (tertiary/aromatic N) is 2. The molecular formula is C13H15N3O3. The van der Waals surface area contributed by atoms with E-state index in [0.29, 0.717) is 5.82 Å². The largest absolute Gasteiger partial charge is 0.479 e. The first-order valence-corrected chi connectivity index (χ1v) is 5.85. The topological polar surface area (TPSA) is 84.3 Å². The van der Waals surface area contributed by atoms with Gasteiger partial charge < -0.3 is 15.2 Å². The van der Waals surface area contributed by atoms with E-state index in [1.165, 1.54) is 7.11 Å². The summed E-state index contributed by atoms with van der Waals surface area (Å²) in [5, 5.41) is 21.9. The number of anilines is 1. The molecule has 2 aromatic rings. The fraction of sp³-hybridized carbons (Fsp3) is 0.308. The van der Waals surface area contributed by atoms with Crippen LogP contribution in [0.2, 0.25) is 0 Å². The summed E-state index contributed by atoms with van der Waals surface area (Å²) in [7, 11) is 1.36. The summed E-state index contributed by atoms with van der Waals surface area (Å²) in [6, 6.07) is 7.70. The zero-order chi connectivity index (χ0) is 13.8. The Morgan fingerprint density at radius 2 is 2.05 bits per heavy atom. The zero-order valence-corrected chi connectivity index (χ0v) is 10.8. The van der Waals surface area contributed by atoms with Crippen molar-refractivity contribution >= 4 is 22.6 Å². The zero-order valence-electron chi connectivity index (χ0n) is 10.8. The van der Waals surface area contributed by atoms with Crippen molar-refractivity contribution in [1.82, 2.24) is 10.2 Å². The lowest BCUT2D eigenvalue weighted by Crippen LogP contribution is -2.30. The van der Waals surface area contributed by atoms with E-state index >= 15 is 0 Å². The summed E-state index contributed by atoms with van der Waals surface area (Å²) < 4.78 is 4.86. The predicted molar refractivity (Wildman–Crippen MR) is 71.2 cm³/mol. The van der Waals surface area contributed by atoms with Crippen molar-refractivity contribution in [2.75, 3.05) is 19.0 Å². The molecule has 6 heteroatoms. The molecule has 0 aliphatic heterocycles. The highest BCUT2D eigenvalue weighted by Gasteiger charge is 2.16. The molecule has 0 aliphatic carbocycles. The normalized spacial score (nSPS) is 12.3. The Hall–Kier alpha value is -2.21. The van der Waals surface area contributed by atoms with Crippen molar-refractivity contribution in [2.24, 2.45) is 0 Å². The Morgan fingerprint density at radius 1 is 1.37 bits per heavy atom. The summed E-state index contributed by atoms with van der Waals surface area (Å²) >= 11 is 0. The molecule has 2 rings (SSSR count). The van der Waals surface area contributed by atoms with E-state index in [1.807, 2.05) is 31.2 Å². The Labute approximate surface area is 110 Å². The molecule has 1 atom stereocenters. The maximum absolute atomic E-state index is 10.9. The van der Waals surface area contributed by atoms with Crippen molar-refractivity contribution in [3.05, 3.63) is 30.0 Å². The molecule has 2 N–H and O–H groups in total. The van der Waals surface area contributed by atoms with Gasteiger partial charge in [-0.3, -0.25) is 0 Å². The van der Waals surface area contributed by atoms with Crippen LogP contribution in [0.5, 0.6) is 0 Å². The van der Waals surface area contributed by atoms with Crippen LogP contribution in [0.25, 0.3) is 10.8 Å². The number of carboxylic acids is 1. The van der Waals surface area contributed by atoms with Crippen molar-refractivity contribution in [3.8, 4) is 0 Å². The van der Waals surface area contributed by atoms with Crippen molar-refractivity contribution in [3.63, 3.8) is 0 Å². The van der Waals surface area contributed by atoms with Crippen LogP contribution in [-0.2, 0) is 9.53 Å². The summed E-state index contributed by atoms with van der Waals surface area (Å²) in [5.41, 5.74) is 0.836. The molecule has 1 heterocycles. The minimum atomic E-state index is -1.01. The van der Waals surface area contributed by atoms with Crippen molar-refractivity contribution < 1.29 is 14.6 Å².